The number of piperazine rings is 1. The van der Waals surface area contributed by atoms with E-state index in [9.17, 15) is 0 Å². The van der Waals surface area contributed by atoms with Crippen molar-refractivity contribution < 1.29 is 0 Å². The summed E-state index contributed by atoms with van der Waals surface area (Å²) in [6.07, 6.45) is 0. The molecule has 1 aliphatic rings. The molecule has 0 amide bonds. The van der Waals surface area contributed by atoms with Gasteiger partial charge >= 0.3 is 0 Å². The maximum atomic E-state index is 4.59. The van der Waals surface area contributed by atoms with E-state index in [-0.39, 0.29) is 0 Å². The van der Waals surface area contributed by atoms with Crippen LogP contribution < -0.4 is 4.90 Å². The van der Waals surface area contributed by atoms with Crippen LogP contribution in [0.15, 0.2) is 24.3 Å². The van der Waals surface area contributed by atoms with Gasteiger partial charge in [-0.2, -0.15) is 4.37 Å². The zero-order valence-corrected chi connectivity index (χ0v) is 11.7. The Morgan fingerprint density at radius 3 is 2.69 bits per heavy atom. The summed E-state index contributed by atoms with van der Waals surface area (Å²) in [7, 11) is 0. The Morgan fingerprint density at radius 1 is 1.12 bits per heavy atom. The molecule has 1 aliphatic heterocycles. The Labute approximate surface area is 113 Å². The number of fused-ring (bicyclic) bond motifs is 1. The smallest absolute Gasteiger partial charge is 0.150 e. The maximum Gasteiger partial charge on any atom is 0.150 e. The number of benzene rings is 1. The van der Waals surface area contributed by atoms with Crippen LogP contribution in [-0.2, 0) is 0 Å². The molecule has 0 bridgehead atoms. The third-order valence-electron chi connectivity index (χ3n) is 2.88. The van der Waals surface area contributed by atoms with E-state index in [1.165, 1.54) is 15.9 Å². The van der Waals surface area contributed by atoms with E-state index >= 15 is 0 Å². The van der Waals surface area contributed by atoms with Crippen LogP contribution in [0.25, 0.3) is 10.1 Å². The first-order valence-electron chi connectivity index (χ1n) is 5.35. The molecule has 3 rings (SSSR count). The van der Waals surface area contributed by atoms with Crippen molar-refractivity contribution in [3.05, 3.63) is 24.3 Å². The van der Waals surface area contributed by atoms with E-state index in [1.807, 2.05) is 0 Å². The summed E-state index contributed by atoms with van der Waals surface area (Å²) >= 11 is 3.99. The van der Waals surface area contributed by atoms with Crippen molar-refractivity contribution in [2.24, 2.45) is 0 Å². The van der Waals surface area contributed by atoms with Crippen molar-refractivity contribution in [3.63, 3.8) is 0 Å². The molecule has 0 N–H and O–H groups in total. The van der Waals surface area contributed by atoms with E-state index in [0.717, 1.165) is 26.2 Å². The zero-order valence-electron chi connectivity index (χ0n) is 8.77. The molecular formula is C11H12IN3S. The molecule has 0 aliphatic carbocycles. The van der Waals surface area contributed by atoms with E-state index in [1.54, 1.807) is 11.5 Å². The monoisotopic (exact) mass is 345 g/mol. The lowest BCUT2D eigenvalue weighted by atomic mass is 10.2. The average molecular weight is 345 g/mol. The Balaban J connectivity index is 1.94. The van der Waals surface area contributed by atoms with Gasteiger partial charge in [0.25, 0.3) is 0 Å². The van der Waals surface area contributed by atoms with Crippen LogP contribution in [-0.4, -0.2) is 33.7 Å². The highest BCUT2D eigenvalue weighted by Gasteiger charge is 2.18. The molecule has 3 nitrogen and oxygen atoms in total. The lowest BCUT2D eigenvalue weighted by molar-refractivity contribution is 0.459. The molecule has 1 aromatic heterocycles. The quantitative estimate of drug-likeness (QED) is 0.585. The molecule has 2 aromatic rings. The molecule has 1 saturated heterocycles. The van der Waals surface area contributed by atoms with Crippen molar-refractivity contribution in [1.29, 1.82) is 0 Å². The minimum Gasteiger partial charge on any atom is -0.353 e. The van der Waals surface area contributed by atoms with Gasteiger partial charge in [0.05, 0.1) is 4.70 Å². The lowest BCUT2D eigenvalue weighted by Crippen LogP contribution is -2.42. The summed E-state index contributed by atoms with van der Waals surface area (Å²) in [5, 5.41) is 1.30. The van der Waals surface area contributed by atoms with Gasteiger partial charge in [0.15, 0.2) is 0 Å². The fraction of sp³-hybridized carbons (Fsp3) is 0.364. The predicted octanol–water partition coefficient (Wildman–Crippen LogP) is 2.77. The molecular weight excluding hydrogens is 333 g/mol. The number of hydrogen-bond acceptors (Lipinski definition) is 4. The van der Waals surface area contributed by atoms with Crippen LogP contribution in [0, 0.1) is 0 Å². The third-order valence-corrected chi connectivity index (χ3v) is 4.66. The number of hydrogen-bond donors (Lipinski definition) is 0. The highest BCUT2D eigenvalue weighted by molar-refractivity contribution is 14.1. The highest BCUT2D eigenvalue weighted by atomic mass is 127. The minimum absolute atomic E-state index is 1.08. The summed E-state index contributed by atoms with van der Waals surface area (Å²) in [5.41, 5.74) is 0. The van der Waals surface area contributed by atoms with Gasteiger partial charge in [-0.15, -0.1) is 0 Å². The second kappa shape index (κ2) is 4.46. The SMILES string of the molecule is IN1CCN(c2nsc3ccccc23)CC1. The molecule has 84 valence electrons. The van der Waals surface area contributed by atoms with Crippen LogP contribution in [0.5, 0.6) is 0 Å². The van der Waals surface area contributed by atoms with Crippen LogP contribution in [0.1, 0.15) is 0 Å². The molecule has 2 heterocycles. The minimum atomic E-state index is 1.08. The van der Waals surface area contributed by atoms with Gasteiger partial charge in [0.2, 0.25) is 0 Å². The van der Waals surface area contributed by atoms with Crippen molar-refractivity contribution >= 4 is 50.3 Å². The van der Waals surface area contributed by atoms with Gasteiger partial charge in [-0.05, 0) is 23.7 Å². The van der Waals surface area contributed by atoms with Crippen LogP contribution in [0.4, 0.5) is 5.82 Å². The van der Waals surface area contributed by atoms with Crippen LogP contribution in [0.3, 0.4) is 0 Å². The Hall–Kier alpha value is -0.400. The largest absolute Gasteiger partial charge is 0.353 e. The zero-order chi connectivity index (χ0) is 11.0. The summed E-state index contributed by atoms with van der Waals surface area (Å²) in [6, 6.07) is 8.48. The molecule has 5 heteroatoms. The number of aromatic nitrogens is 1. The summed E-state index contributed by atoms with van der Waals surface area (Å²) < 4.78 is 8.21. The Bertz CT molecular complexity index is 491. The molecule has 0 atom stereocenters. The maximum absolute atomic E-state index is 4.59. The average Bonchev–Trinajstić information content (AvgIpc) is 2.74. The van der Waals surface area contributed by atoms with Gasteiger partial charge in [0.1, 0.15) is 5.82 Å². The molecule has 0 spiro atoms. The number of nitrogens with zero attached hydrogens (tertiary/aromatic N) is 3. The van der Waals surface area contributed by atoms with Gasteiger partial charge in [-0.25, -0.2) is 3.11 Å². The van der Waals surface area contributed by atoms with E-state index in [2.05, 4.69) is 59.5 Å². The Kier molecular flexibility index (Phi) is 2.99. The summed E-state index contributed by atoms with van der Waals surface area (Å²) in [4.78, 5) is 2.40. The van der Waals surface area contributed by atoms with Crippen LogP contribution >= 0.6 is 34.4 Å². The first kappa shape index (κ1) is 10.7. The first-order valence-corrected chi connectivity index (χ1v) is 7.08. The van der Waals surface area contributed by atoms with Gasteiger partial charge in [-0.3, -0.25) is 0 Å². The predicted molar refractivity (Wildman–Crippen MR) is 77.4 cm³/mol. The van der Waals surface area contributed by atoms with Crippen LogP contribution in [0.2, 0.25) is 0 Å². The van der Waals surface area contributed by atoms with Gasteiger partial charge in [0, 0.05) is 54.4 Å². The number of halogens is 1. The fourth-order valence-corrected chi connectivity index (χ4v) is 3.22. The normalized spacial score (nSPS) is 18.2. The second-order valence-electron chi connectivity index (χ2n) is 3.90. The third kappa shape index (κ3) is 1.91. The molecule has 0 radical (unpaired) electrons. The fourth-order valence-electron chi connectivity index (χ4n) is 1.99. The molecule has 16 heavy (non-hydrogen) atoms. The van der Waals surface area contributed by atoms with E-state index in [0.29, 0.717) is 0 Å². The van der Waals surface area contributed by atoms with E-state index < -0.39 is 0 Å². The Morgan fingerprint density at radius 2 is 1.88 bits per heavy atom. The topological polar surface area (TPSA) is 19.4 Å². The molecule has 0 saturated carbocycles. The lowest BCUT2D eigenvalue weighted by Gasteiger charge is -2.31. The second-order valence-corrected chi connectivity index (χ2v) is 6.07. The molecule has 1 aromatic carbocycles. The highest BCUT2D eigenvalue weighted by Crippen LogP contribution is 2.29. The number of anilines is 1. The molecule has 0 unspecified atom stereocenters. The van der Waals surface area contributed by atoms with Crippen molar-refractivity contribution in [3.8, 4) is 0 Å². The van der Waals surface area contributed by atoms with Crippen molar-refractivity contribution in [1.82, 2.24) is 7.49 Å². The summed E-state index contributed by atoms with van der Waals surface area (Å²) in [5.74, 6) is 1.17. The number of rotatable bonds is 1. The summed E-state index contributed by atoms with van der Waals surface area (Å²) in [6.45, 7) is 4.40. The molecule has 1 fully saturated rings. The van der Waals surface area contributed by atoms with Gasteiger partial charge < -0.3 is 4.90 Å². The van der Waals surface area contributed by atoms with E-state index in [4.69, 9.17) is 0 Å². The van der Waals surface area contributed by atoms with Crippen molar-refractivity contribution in [2.45, 2.75) is 0 Å². The van der Waals surface area contributed by atoms with Gasteiger partial charge in [-0.1, -0.05) is 12.1 Å². The standard InChI is InChI=1S/C11H12IN3S/c12-15-7-5-14(6-8-15)11-9-3-1-2-4-10(9)16-13-11/h1-4H,5-8H2. The van der Waals surface area contributed by atoms with Crippen molar-refractivity contribution in [2.75, 3.05) is 31.1 Å². The first-order chi connectivity index (χ1) is 7.84.